The number of hydrogen-bond acceptors (Lipinski definition) is 4. The quantitative estimate of drug-likeness (QED) is 0.919. The van der Waals surface area contributed by atoms with Gasteiger partial charge in [0.05, 0.1) is 5.02 Å². The highest BCUT2D eigenvalue weighted by Gasteiger charge is 2.12. The van der Waals surface area contributed by atoms with Crippen molar-refractivity contribution in [1.29, 1.82) is 0 Å². The Morgan fingerprint density at radius 1 is 1.44 bits per heavy atom. The fourth-order valence-corrected chi connectivity index (χ4v) is 2.30. The van der Waals surface area contributed by atoms with Gasteiger partial charge in [0.25, 0.3) is 0 Å². The normalized spacial score (nSPS) is 10.7. The van der Waals surface area contributed by atoms with Crippen LogP contribution in [0, 0.1) is 5.82 Å². The number of nitrogens with zero attached hydrogens (tertiary/aromatic N) is 2. The van der Waals surface area contributed by atoms with Crippen LogP contribution in [-0.2, 0) is 6.54 Å². The highest BCUT2D eigenvalue weighted by atomic mass is 35.5. The summed E-state index contributed by atoms with van der Waals surface area (Å²) in [6.45, 7) is 0.625. The molecule has 0 amide bonds. The molecule has 1 aromatic carbocycles. The van der Waals surface area contributed by atoms with Gasteiger partial charge in [0.15, 0.2) is 10.8 Å². The molecule has 6 heteroatoms. The first-order chi connectivity index (χ1) is 7.72. The van der Waals surface area contributed by atoms with Crippen molar-refractivity contribution in [1.82, 2.24) is 15.5 Å². The number of nitrogens with one attached hydrogen (secondary N) is 1. The summed E-state index contributed by atoms with van der Waals surface area (Å²) in [6, 6.07) is 4.85. The predicted octanol–water partition coefficient (Wildman–Crippen LogP) is 2.72. The van der Waals surface area contributed by atoms with Crippen LogP contribution in [0.2, 0.25) is 5.02 Å². The molecule has 0 radical (unpaired) electrons. The van der Waals surface area contributed by atoms with Crippen LogP contribution in [0.1, 0.15) is 5.01 Å². The minimum absolute atomic E-state index is 0.0999. The maximum atomic E-state index is 13.7. The Kier molecular flexibility index (Phi) is 3.48. The third-order valence-electron chi connectivity index (χ3n) is 1.98. The highest BCUT2D eigenvalue weighted by molar-refractivity contribution is 7.14. The molecule has 0 spiro atoms. The van der Waals surface area contributed by atoms with E-state index >= 15 is 0 Å². The molecular formula is C10H9ClFN3S. The van der Waals surface area contributed by atoms with Crippen LogP contribution in [0.4, 0.5) is 4.39 Å². The molecule has 0 aliphatic rings. The molecular weight excluding hydrogens is 249 g/mol. The second-order valence-corrected chi connectivity index (χ2v) is 4.60. The lowest BCUT2D eigenvalue weighted by molar-refractivity contribution is 0.631. The Morgan fingerprint density at radius 2 is 2.25 bits per heavy atom. The smallest absolute Gasteiger partial charge is 0.152 e. The van der Waals surface area contributed by atoms with E-state index in [4.69, 9.17) is 11.6 Å². The maximum absolute atomic E-state index is 13.7. The summed E-state index contributed by atoms with van der Waals surface area (Å²) in [4.78, 5) is 0. The van der Waals surface area contributed by atoms with E-state index in [1.807, 2.05) is 7.05 Å². The van der Waals surface area contributed by atoms with Gasteiger partial charge in [-0.1, -0.05) is 29.0 Å². The van der Waals surface area contributed by atoms with Crippen LogP contribution in [-0.4, -0.2) is 17.2 Å². The van der Waals surface area contributed by atoms with Gasteiger partial charge < -0.3 is 5.32 Å². The zero-order valence-corrected chi connectivity index (χ0v) is 10.1. The highest BCUT2D eigenvalue weighted by Crippen LogP contribution is 2.29. The molecule has 2 aromatic rings. The molecule has 0 atom stereocenters. The molecule has 0 aliphatic heterocycles. The largest absolute Gasteiger partial charge is 0.313 e. The van der Waals surface area contributed by atoms with Gasteiger partial charge in [-0.05, 0) is 19.2 Å². The van der Waals surface area contributed by atoms with Crippen molar-refractivity contribution in [3.63, 3.8) is 0 Å². The standard InChI is InChI=1S/C10H9ClFN3S/c1-13-5-8-14-15-10(16-8)6-3-2-4-7(11)9(6)12/h2-4,13H,5H2,1H3. The first-order valence-electron chi connectivity index (χ1n) is 4.63. The van der Waals surface area contributed by atoms with Gasteiger partial charge in [0, 0.05) is 12.1 Å². The van der Waals surface area contributed by atoms with E-state index in [0.29, 0.717) is 17.1 Å². The number of benzene rings is 1. The number of hydrogen-bond donors (Lipinski definition) is 1. The third kappa shape index (κ3) is 2.21. The van der Waals surface area contributed by atoms with Crippen LogP contribution in [0.5, 0.6) is 0 Å². The SMILES string of the molecule is CNCc1nnc(-c2cccc(Cl)c2F)s1. The van der Waals surface area contributed by atoms with Gasteiger partial charge in [-0.3, -0.25) is 0 Å². The molecule has 2 rings (SSSR count). The van der Waals surface area contributed by atoms with Crippen molar-refractivity contribution in [2.24, 2.45) is 0 Å². The van der Waals surface area contributed by atoms with E-state index < -0.39 is 5.82 Å². The molecule has 0 fully saturated rings. The van der Waals surface area contributed by atoms with Gasteiger partial charge in [-0.2, -0.15) is 0 Å². The van der Waals surface area contributed by atoms with Crippen LogP contribution in [0.25, 0.3) is 10.6 Å². The Hall–Kier alpha value is -1.04. The van der Waals surface area contributed by atoms with Crippen molar-refractivity contribution in [2.45, 2.75) is 6.54 Å². The minimum Gasteiger partial charge on any atom is -0.313 e. The molecule has 0 saturated heterocycles. The lowest BCUT2D eigenvalue weighted by atomic mass is 10.2. The van der Waals surface area contributed by atoms with E-state index in [-0.39, 0.29) is 5.02 Å². The van der Waals surface area contributed by atoms with Crippen molar-refractivity contribution in [3.05, 3.63) is 34.0 Å². The molecule has 3 nitrogen and oxygen atoms in total. The van der Waals surface area contributed by atoms with Gasteiger partial charge in [0.2, 0.25) is 0 Å². The summed E-state index contributed by atoms with van der Waals surface area (Å²) in [5.41, 5.74) is 0.396. The fraction of sp³-hybridized carbons (Fsp3) is 0.200. The maximum Gasteiger partial charge on any atom is 0.152 e. The van der Waals surface area contributed by atoms with Gasteiger partial charge >= 0.3 is 0 Å². The fourth-order valence-electron chi connectivity index (χ4n) is 1.25. The topological polar surface area (TPSA) is 37.8 Å². The van der Waals surface area contributed by atoms with Crippen LogP contribution >= 0.6 is 22.9 Å². The Labute approximate surface area is 101 Å². The summed E-state index contributed by atoms with van der Waals surface area (Å²) >= 11 is 7.05. The zero-order chi connectivity index (χ0) is 11.5. The summed E-state index contributed by atoms with van der Waals surface area (Å²) in [7, 11) is 1.82. The molecule has 0 saturated carbocycles. The second-order valence-electron chi connectivity index (χ2n) is 3.13. The molecule has 16 heavy (non-hydrogen) atoms. The first-order valence-corrected chi connectivity index (χ1v) is 5.83. The van der Waals surface area contributed by atoms with E-state index in [9.17, 15) is 4.39 Å². The average Bonchev–Trinajstić information content (AvgIpc) is 2.71. The number of halogens is 2. The summed E-state index contributed by atoms with van der Waals surface area (Å²) in [5, 5.41) is 12.3. The van der Waals surface area contributed by atoms with Gasteiger partial charge in [-0.15, -0.1) is 10.2 Å². The molecule has 0 aliphatic carbocycles. The molecule has 1 N–H and O–H groups in total. The van der Waals surface area contributed by atoms with Gasteiger partial charge in [0.1, 0.15) is 5.01 Å². The van der Waals surface area contributed by atoms with Gasteiger partial charge in [-0.25, -0.2) is 4.39 Å². The van der Waals surface area contributed by atoms with Crippen molar-refractivity contribution >= 4 is 22.9 Å². The number of rotatable bonds is 3. The molecule has 0 bridgehead atoms. The number of aromatic nitrogens is 2. The molecule has 84 valence electrons. The summed E-state index contributed by atoms with van der Waals surface area (Å²) in [5.74, 6) is -0.448. The van der Waals surface area contributed by atoms with E-state index in [0.717, 1.165) is 5.01 Å². The molecule has 0 unspecified atom stereocenters. The Bertz CT molecular complexity index is 501. The van der Waals surface area contributed by atoms with E-state index in [1.165, 1.54) is 17.4 Å². The minimum atomic E-state index is -0.448. The van der Waals surface area contributed by atoms with Crippen LogP contribution < -0.4 is 5.32 Å². The van der Waals surface area contributed by atoms with Crippen molar-refractivity contribution in [3.8, 4) is 10.6 Å². The second kappa shape index (κ2) is 4.86. The summed E-state index contributed by atoms with van der Waals surface area (Å²) in [6.07, 6.45) is 0. The first kappa shape index (κ1) is 11.4. The predicted molar refractivity (Wildman–Crippen MR) is 63.1 cm³/mol. The molecule has 1 aromatic heterocycles. The van der Waals surface area contributed by atoms with E-state index in [1.54, 1.807) is 12.1 Å². The monoisotopic (exact) mass is 257 g/mol. The van der Waals surface area contributed by atoms with Crippen molar-refractivity contribution < 1.29 is 4.39 Å². The molecule has 1 heterocycles. The van der Waals surface area contributed by atoms with Crippen LogP contribution in [0.15, 0.2) is 18.2 Å². The van der Waals surface area contributed by atoms with Crippen molar-refractivity contribution in [2.75, 3.05) is 7.05 Å². The zero-order valence-electron chi connectivity index (χ0n) is 8.50. The van der Waals surface area contributed by atoms with Crippen LogP contribution in [0.3, 0.4) is 0 Å². The van der Waals surface area contributed by atoms with E-state index in [2.05, 4.69) is 15.5 Å². The lowest BCUT2D eigenvalue weighted by Crippen LogP contribution is -2.04. The lowest BCUT2D eigenvalue weighted by Gasteiger charge is -1.99. The Balaban J connectivity index is 2.39. The summed E-state index contributed by atoms with van der Waals surface area (Å²) < 4.78 is 13.7. The Morgan fingerprint density at radius 3 is 3.00 bits per heavy atom. The average molecular weight is 258 g/mol. The third-order valence-corrected chi connectivity index (χ3v) is 3.23.